The second-order valence-electron chi connectivity index (χ2n) is 31.7. The van der Waals surface area contributed by atoms with Crippen molar-refractivity contribution in [1.82, 2.24) is 49.8 Å². The topological polar surface area (TPSA) is 129 Å². The molecule has 24 heteroatoms. The number of hydrogen-bond acceptors (Lipinski definition) is 19. The van der Waals surface area contributed by atoms with Gasteiger partial charge in [-0.1, -0.05) is 309 Å². The Morgan fingerprint density at radius 3 is 1.12 bits per heavy atom. The Bertz CT molecular complexity index is 9670. The first-order chi connectivity index (χ1) is 66.0. The van der Waals surface area contributed by atoms with E-state index in [0.717, 1.165) is 134 Å². The maximum Gasteiger partial charge on any atom is 0.223 e. The van der Waals surface area contributed by atoms with Gasteiger partial charge in [-0.15, -0.1) is 79.4 Å². The largest absolute Gasteiger partial charge is 0.223 e. The molecule has 13 heterocycles. The summed E-state index contributed by atoms with van der Waals surface area (Å²) in [6.07, 6.45) is 0. The number of benzene rings is 16. The molecule has 0 bridgehead atoms. The van der Waals surface area contributed by atoms with E-state index in [4.69, 9.17) is 58.0 Å². The van der Waals surface area contributed by atoms with Gasteiger partial charge in [0.25, 0.3) is 0 Å². The molecule has 28 aromatic rings. The van der Waals surface area contributed by atoms with E-state index < -0.39 is 0 Å². The highest BCUT2D eigenvalue weighted by molar-refractivity contribution is 8.05. The minimum atomic E-state index is 0.281. The quantitative estimate of drug-likeness (QED) is 0.120. The van der Waals surface area contributed by atoms with Crippen LogP contribution in [-0.4, -0.2) is 49.8 Å². The lowest BCUT2D eigenvalue weighted by Crippen LogP contribution is -1.95. The molecule has 0 atom stereocenters. The molecule has 29 rings (SSSR count). The molecule has 0 radical (unpaired) electrons. The molecule has 0 amide bonds. The lowest BCUT2D eigenvalue weighted by Gasteiger charge is -2.20. The minimum absolute atomic E-state index is 0.281. The van der Waals surface area contributed by atoms with Gasteiger partial charge >= 0.3 is 0 Å². The second-order valence-corrected chi connectivity index (χ2v) is 42.8. The fourth-order valence-corrected chi connectivity index (χ4v) is 29.5. The number of halogens is 5. The summed E-state index contributed by atoms with van der Waals surface area (Å²) in [6, 6.07) is 120. The van der Waals surface area contributed by atoms with Crippen molar-refractivity contribution in [3.63, 3.8) is 0 Å². The molecule has 12 aromatic heterocycles. The number of fused-ring (bicyclic) bond motifs is 30. The molecule has 16 aromatic carbocycles. The van der Waals surface area contributed by atoms with Crippen LogP contribution in [-0.2, 0) is 0 Å². The van der Waals surface area contributed by atoms with Gasteiger partial charge in [-0.3, -0.25) is 0 Å². The summed E-state index contributed by atoms with van der Waals surface area (Å²) >= 11 is 47.5. The van der Waals surface area contributed by atoms with Gasteiger partial charge in [0.15, 0.2) is 0 Å². The fraction of sp³-hybridized carbons (Fsp3) is 0. The van der Waals surface area contributed by atoms with Gasteiger partial charge < -0.3 is 0 Å². The lowest BCUT2D eigenvalue weighted by molar-refractivity contribution is 1.14. The van der Waals surface area contributed by atoms with E-state index in [1.54, 1.807) is 79.8 Å². The molecule has 1 aliphatic rings. The molecule has 0 fully saturated rings. The van der Waals surface area contributed by atoms with Crippen molar-refractivity contribution in [1.29, 1.82) is 0 Å². The Morgan fingerprint density at radius 1 is 0.179 bits per heavy atom. The Balaban J connectivity index is 0.0000000897. The highest BCUT2D eigenvalue weighted by atomic mass is 35.5. The van der Waals surface area contributed by atoms with E-state index in [9.17, 15) is 0 Å². The summed E-state index contributed by atoms with van der Waals surface area (Å²) in [5.41, 5.74) is 14.6. The number of nitrogens with zero attached hydrogens (tertiary/aromatic N) is 10. The van der Waals surface area contributed by atoms with Gasteiger partial charge in [-0.25, -0.2) is 49.8 Å². The average Bonchev–Trinajstić information content (AvgIpc) is 1.54. The summed E-state index contributed by atoms with van der Waals surface area (Å²) in [5, 5.41) is 19.6. The number of hydrogen-bond donors (Lipinski definition) is 0. The van der Waals surface area contributed by atoms with E-state index in [0.29, 0.717) is 5.28 Å². The third kappa shape index (κ3) is 14.8. The van der Waals surface area contributed by atoms with Crippen LogP contribution in [0.5, 0.6) is 0 Å². The van der Waals surface area contributed by atoms with Crippen molar-refractivity contribution in [2.24, 2.45) is 0 Å². The Labute approximate surface area is 824 Å². The van der Waals surface area contributed by atoms with Crippen molar-refractivity contribution in [3.05, 3.63) is 372 Å². The van der Waals surface area contributed by atoms with Gasteiger partial charge in [0.2, 0.25) is 26.4 Å². The van der Waals surface area contributed by atoms with E-state index in [-0.39, 0.29) is 21.1 Å². The molecule has 1 aliphatic heterocycles. The molecule has 0 saturated heterocycles. The van der Waals surface area contributed by atoms with Gasteiger partial charge in [0.1, 0.15) is 0 Å². The Kier molecular flexibility index (Phi) is 21.6. The maximum atomic E-state index is 6.38. The third-order valence-corrected chi connectivity index (χ3v) is 35.6. The number of rotatable bonds is 5. The predicted molar refractivity (Wildman–Crippen MR) is 580 cm³/mol. The van der Waals surface area contributed by atoms with Crippen LogP contribution in [0.3, 0.4) is 0 Å². The van der Waals surface area contributed by atoms with E-state index in [2.05, 4.69) is 341 Å². The Morgan fingerprint density at radius 2 is 0.537 bits per heavy atom. The average molecular weight is 1980 g/mol. The fourth-order valence-electron chi connectivity index (χ4n) is 18.0. The van der Waals surface area contributed by atoms with E-state index in [1.807, 2.05) is 77.7 Å². The first-order valence-corrected chi connectivity index (χ1v) is 51.7. The van der Waals surface area contributed by atoms with Crippen molar-refractivity contribution >= 4 is 335 Å². The first-order valence-electron chi connectivity index (χ1n) is 42.5. The van der Waals surface area contributed by atoms with Crippen LogP contribution in [0.4, 0.5) is 0 Å². The number of thiophene rings is 7. The van der Waals surface area contributed by atoms with Crippen LogP contribution in [0.25, 0.3) is 230 Å². The monoisotopic (exact) mass is 1980 g/mol. The normalized spacial score (nSPS) is 12.0. The third-order valence-electron chi connectivity index (χ3n) is 23.8. The van der Waals surface area contributed by atoms with Crippen LogP contribution in [0, 0.1) is 0 Å². The standard InChI is InChI=1S/C24H13ClN2S.C22H11ClN2S3.2C22H11ClN2S2.C20H11ClN2S/c25-24-26-20(14-8-2-1-3-9-14)23-21(27-24)19-17-12-6-4-10-15(17)16-11-5-7-13-18(16)22(19)28-23;23-22-24-18-12-6-1-2-8-14(12)27-21(18)19(25-22)13-7-5-11-17-20(13)28-16-10-4-3-9-15(16)26-17;23-22-24-18-14-7-2-4-11-17(14)27-21(18)19(25-22)15-9-5-8-13-12-6-1-3-10-16(12)26-20(13)15;23-22-24-19(21-20(25-22)14-6-2-4-8-17(14)27-21)12-9-10-18-15(11-12)13-5-1-3-7-16(13)26-18;21-20-22-16(13-7-2-1-3-8-13)19-17(23-20)15-11-10-12-6-4-5-9-14(12)18(15)24-19/h1-13H;1-11H;2*1-11H;1-11H. The molecule has 0 N–H and O–H groups in total. The summed E-state index contributed by atoms with van der Waals surface area (Å²) in [5.74, 6) is 0. The predicted octanol–water partition coefficient (Wildman–Crippen LogP) is 36.6. The summed E-state index contributed by atoms with van der Waals surface area (Å²) < 4.78 is 16.6. The molecule has 0 spiro atoms. The van der Waals surface area contributed by atoms with Crippen molar-refractivity contribution in [2.45, 2.75) is 19.6 Å². The zero-order valence-corrected chi connectivity index (χ0v) is 80.6. The molecular weight excluding hydrogens is 1930 g/mol. The lowest BCUT2D eigenvalue weighted by atomic mass is 9.98. The van der Waals surface area contributed by atoms with Crippen LogP contribution < -0.4 is 0 Å². The molecule has 134 heavy (non-hydrogen) atoms. The van der Waals surface area contributed by atoms with Crippen LogP contribution in [0.1, 0.15) is 0 Å². The van der Waals surface area contributed by atoms with Gasteiger partial charge in [-0.2, -0.15) is 0 Å². The minimum Gasteiger partial charge on any atom is -0.216 e. The molecule has 0 unspecified atom stereocenters. The Hall–Kier alpha value is -12.6. The number of aromatic nitrogens is 10. The maximum absolute atomic E-state index is 6.38. The molecule has 10 nitrogen and oxygen atoms in total. The van der Waals surface area contributed by atoms with Crippen molar-refractivity contribution in [2.75, 3.05) is 0 Å². The van der Waals surface area contributed by atoms with Gasteiger partial charge in [0.05, 0.1) is 79.6 Å². The summed E-state index contributed by atoms with van der Waals surface area (Å²) in [7, 11) is 0. The van der Waals surface area contributed by atoms with Crippen LogP contribution in [0.2, 0.25) is 26.4 Å². The highest BCUT2D eigenvalue weighted by Gasteiger charge is 2.27. The molecule has 636 valence electrons. The van der Waals surface area contributed by atoms with Crippen molar-refractivity contribution in [3.8, 4) is 56.3 Å². The zero-order valence-electron chi connectivity index (χ0n) is 69.4. The highest BCUT2D eigenvalue weighted by Crippen LogP contribution is 2.55. The van der Waals surface area contributed by atoms with Gasteiger partial charge in [0, 0.05) is 144 Å². The summed E-state index contributed by atoms with van der Waals surface area (Å²) in [6.45, 7) is 0. The smallest absolute Gasteiger partial charge is 0.216 e. The van der Waals surface area contributed by atoms with Crippen molar-refractivity contribution < 1.29 is 0 Å². The zero-order chi connectivity index (χ0) is 89.3. The molecule has 0 saturated carbocycles. The van der Waals surface area contributed by atoms with Gasteiger partial charge in [-0.05, 0) is 146 Å². The van der Waals surface area contributed by atoms with E-state index in [1.165, 1.54) is 116 Å². The molecular formula is C110H57Cl5N10S9. The second kappa shape index (κ2) is 34.7. The molecule has 0 aliphatic carbocycles. The van der Waals surface area contributed by atoms with Crippen LogP contribution >= 0.6 is 161 Å². The van der Waals surface area contributed by atoms with Crippen LogP contribution in [0.15, 0.2) is 365 Å². The summed E-state index contributed by atoms with van der Waals surface area (Å²) in [4.78, 5) is 50.9. The SMILES string of the molecule is Clc1nc(-c2ccc3sc4ccccc4c3c2)c2sc3ccccc3c2n1.Clc1nc(-c2cccc3c2Sc2ccccc2S3)c2sc3ccccc3c2n1.Clc1nc(-c2cccc3c2sc2ccccc23)c2sc3ccccc3c2n1.Clc1nc(-c2ccccc2)c2sc3c4ccccc4c4ccccc4c3c2n1.Clc1nc(-c2ccccc2)c2sc3c4ccccc4ccc3c2n1. The first kappa shape index (κ1) is 83.2. The van der Waals surface area contributed by atoms with E-state index >= 15 is 0 Å².